The molecular formula is C27H33N3O2S. The largest absolute Gasteiger partial charge is 0.351 e. The third-order valence-corrected chi connectivity index (χ3v) is 8.59. The van der Waals surface area contributed by atoms with Gasteiger partial charge < -0.3 is 14.8 Å². The molecule has 2 aliphatic rings. The summed E-state index contributed by atoms with van der Waals surface area (Å²) in [5.41, 5.74) is 1.85. The number of benzene rings is 1. The second-order valence-electron chi connectivity index (χ2n) is 9.74. The van der Waals surface area contributed by atoms with E-state index in [2.05, 4.69) is 22.9 Å². The van der Waals surface area contributed by atoms with Crippen LogP contribution < -0.4 is 5.32 Å². The lowest BCUT2D eigenvalue weighted by atomic mass is 9.93. The van der Waals surface area contributed by atoms with Gasteiger partial charge in [-0.2, -0.15) is 0 Å². The van der Waals surface area contributed by atoms with Crippen molar-refractivity contribution in [2.24, 2.45) is 0 Å². The summed E-state index contributed by atoms with van der Waals surface area (Å²) in [6, 6.07) is 14.4. The van der Waals surface area contributed by atoms with Crippen LogP contribution in [0.1, 0.15) is 73.3 Å². The summed E-state index contributed by atoms with van der Waals surface area (Å²) >= 11 is 1.75. The average molecular weight is 464 g/mol. The van der Waals surface area contributed by atoms with Crippen molar-refractivity contribution in [1.82, 2.24) is 14.8 Å². The van der Waals surface area contributed by atoms with E-state index in [1.165, 1.54) is 17.7 Å². The molecule has 1 aromatic carbocycles. The lowest BCUT2D eigenvalue weighted by Gasteiger charge is -2.44. The molecule has 1 aliphatic carbocycles. The highest BCUT2D eigenvalue weighted by molar-refractivity contribution is 7.19. The highest BCUT2D eigenvalue weighted by Crippen LogP contribution is 2.37. The Hall–Kier alpha value is -2.60. The SMILES string of the molecule is CCc1cc2c(cc3n2C[C@@](C)(C(=O)NC2CCCCCC2)N(Cc2ccccc2)C3=O)s1. The molecule has 3 aromatic rings. The molecule has 1 N–H and O–H groups in total. The summed E-state index contributed by atoms with van der Waals surface area (Å²) in [6.45, 7) is 5.00. The van der Waals surface area contributed by atoms with Crippen LogP contribution in [0.15, 0.2) is 42.5 Å². The van der Waals surface area contributed by atoms with Crippen molar-refractivity contribution >= 4 is 33.4 Å². The maximum Gasteiger partial charge on any atom is 0.271 e. The molecular weight excluding hydrogens is 430 g/mol. The highest BCUT2D eigenvalue weighted by Gasteiger charge is 2.48. The van der Waals surface area contributed by atoms with E-state index in [0.29, 0.717) is 18.8 Å². The van der Waals surface area contributed by atoms with Crippen LogP contribution in [0, 0.1) is 0 Å². The van der Waals surface area contributed by atoms with E-state index in [1.807, 2.05) is 43.3 Å². The maximum absolute atomic E-state index is 13.9. The van der Waals surface area contributed by atoms with Gasteiger partial charge in [0.1, 0.15) is 11.2 Å². The number of nitrogens with one attached hydrogen (secondary N) is 1. The molecule has 2 amide bonds. The molecule has 6 heteroatoms. The molecule has 174 valence electrons. The van der Waals surface area contributed by atoms with Crippen molar-refractivity contribution in [1.29, 1.82) is 0 Å². The molecule has 0 bridgehead atoms. The van der Waals surface area contributed by atoms with E-state index >= 15 is 0 Å². The summed E-state index contributed by atoms with van der Waals surface area (Å²) in [5.74, 6) is -0.0952. The van der Waals surface area contributed by atoms with Crippen LogP contribution in [0.25, 0.3) is 10.2 Å². The number of carbonyl (C=O) groups excluding carboxylic acids is 2. The average Bonchev–Trinajstić information content (AvgIpc) is 3.26. The number of hydrogen-bond donors (Lipinski definition) is 1. The normalized spacial score (nSPS) is 21.8. The fourth-order valence-electron chi connectivity index (χ4n) is 5.34. The van der Waals surface area contributed by atoms with Crippen LogP contribution in [-0.4, -0.2) is 32.9 Å². The Morgan fingerprint density at radius 1 is 1.12 bits per heavy atom. The molecule has 2 aromatic heterocycles. The van der Waals surface area contributed by atoms with Gasteiger partial charge in [0.05, 0.1) is 16.8 Å². The van der Waals surface area contributed by atoms with Crippen molar-refractivity contribution < 1.29 is 9.59 Å². The standard InChI is InChI=1S/C27H33N3O2S/c1-3-21-15-22-24(33-21)16-23-25(31)30(17-19-11-7-6-8-12-19)27(2,18-29(22)23)26(32)28-20-13-9-4-5-10-14-20/h6-8,11-12,15-16,20H,3-5,9-10,13-14,17-18H2,1-2H3,(H,28,32)/t27-/m0/s1. The fraction of sp³-hybridized carbons (Fsp3) is 0.481. The number of aryl methyl sites for hydroxylation is 1. The molecule has 1 fully saturated rings. The van der Waals surface area contributed by atoms with E-state index in [-0.39, 0.29) is 17.9 Å². The Morgan fingerprint density at radius 2 is 1.85 bits per heavy atom. The molecule has 0 saturated heterocycles. The van der Waals surface area contributed by atoms with Crippen molar-refractivity contribution in [3.8, 4) is 0 Å². The monoisotopic (exact) mass is 463 g/mol. The number of aromatic nitrogens is 1. The van der Waals surface area contributed by atoms with Gasteiger partial charge in [0, 0.05) is 17.5 Å². The molecule has 33 heavy (non-hydrogen) atoms. The van der Waals surface area contributed by atoms with Gasteiger partial charge in [0.25, 0.3) is 5.91 Å². The van der Waals surface area contributed by atoms with Gasteiger partial charge in [0.2, 0.25) is 5.91 Å². The summed E-state index contributed by atoms with van der Waals surface area (Å²) in [7, 11) is 0. The number of rotatable bonds is 5. The van der Waals surface area contributed by atoms with Gasteiger partial charge in [-0.25, -0.2) is 0 Å². The zero-order chi connectivity index (χ0) is 23.0. The van der Waals surface area contributed by atoms with Gasteiger partial charge in [-0.3, -0.25) is 9.59 Å². The number of nitrogens with zero attached hydrogens (tertiary/aromatic N) is 2. The van der Waals surface area contributed by atoms with Crippen LogP contribution in [0.5, 0.6) is 0 Å². The summed E-state index contributed by atoms with van der Waals surface area (Å²) in [4.78, 5) is 30.8. The molecule has 1 saturated carbocycles. The Kier molecular flexibility index (Phi) is 6.04. The predicted octanol–water partition coefficient (Wildman–Crippen LogP) is 5.52. The molecule has 1 aliphatic heterocycles. The second-order valence-corrected chi connectivity index (χ2v) is 10.9. The van der Waals surface area contributed by atoms with E-state index in [1.54, 1.807) is 16.2 Å². The predicted molar refractivity (Wildman–Crippen MR) is 134 cm³/mol. The first kappa shape index (κ1) is 22.2. The van der Waals surface area contributed by atoms with E-state index in [9.17, 15) is 9.59 Å². The molecule has 0 unspecified atom stereocenters. The second kappa shape index (κ2) is 8.98. The number of amides is 2. The Morgan fingerprint density at radius 3 is 2.55 bits per heavy atom. The molecule has 3 heterocycles. The smallest absolute Gasteiger partial charge is 0.271 e. The highest BCUT2D eigenvalue weighted by atomic mass is 32.1. The lowest BCUT2D eigenvalue weighted by molar-refractivity contribution is -0.134. The fourth-order valence-corrected chi connectivity index (χ4v) is 6.38. The molecule has 0 radical (unpaired) electrons. The first-order chi connectivity index (χ1) is 16.0. The van der Waals surface area contributed by atoms with E-state index in [0.717, 1.165) is 47.9 Å². The van der Waals surface area contributed by atoms with Gasteiger partial charge in [0.15, 0.2) is 0 Å². The summed E-state index contributed by atoms with van der Waals surface area (Å²) in [5, 5.41) is 3.35. The van der Waals surface area contributed by atoms with Crippen LogP contribution in [0.4, 0.5) is 0 Å². The van der Waals surface area contributed by atoms with Gasteiger partial charge in [-0.15, -0.1) is 11.3 Å². The van der Waals surface area contributed by atoms with Crippen molar-refractivity contribution in [3.05, 3.63) is 58.6 Å². The summed E-state index contributed by atoms with van der Waals surface area (Å²) < 4.78 is 3.21. The van der Waals surface area contributed by atoms with Crippen LogP contribution >= 0.6 is 11.3 Å². The Bertz CT molecular complexity index is 1160. The molecule has 1 atom stereocenters. The Balaban J connectivity index is 1.53. The van der Waals surface area contributed by atoms with Gasteiger partial charge in [-0.05, 0) is 43.9 Å². The van der Waals surface area contributed by atoms with Crippen LogP contribution in [-0.2, 0) is 24.3 Å². The first-order valence-corrected chi connectivity index (χ1v) is 13.1. The van der Waals surface area contributed by atoms with Gasteiger partial charge >= 0.3 is 0 Å². The Labute approximate surface area is 199 Å². The zero-order valence-corrected chi connectivity index (χ0v) is 20.4. The third kappa shape index (κ3) is 4.10. The minimum atomic E-state index is -0.952. The minimum Gasteiger partial charge on any atom is -0.351 e. The number of fused-ring (bicyclic) bond motifs is 3. The maximum atomic E-state index is 13.9. The van der Waals surface area contributed by atoms with Crippen LogP contribution in [0.2, 0.25) is 0 Å². The number of thiophene rings is 1. The van der Waals surface area contributed by atoms with Crippen LogP contribution in [0.3, 0.4) is 0 Å². The van der Waals surface area contributed by atoms with Gasteiger partial charge in [-0.1, -0.05) is 62.9 Å². The third-order valence-electron chi connectivity index (χ3n) is 7.38. The first-order valence-electron chi connectivity index (χ1n) is 12.3. The topological polar surface area (TPSA) is 54.3 Å². The number of hydrogen-bond acceptors (Lipinski definition) is 3. The molecule has 5 nitrogen and oxygen atoms in total. The number of carbonyl (C=O) groups is 2. The molecule has 5 rings (SSSR count). The van der Waals surface area contributed by atoms with E-state index in [4.69, 9.17) is 0 Å². The quantitative estimate of drug-likeness (QED) is 0.507. The zero-order valence-electron chi connectivity index (χ0n) is 19.6. The van der Waals surface area contributed by atoms with Crippen molar-refractivity contribution in [3.63, 3.8) is 0 Å². The lowest BCUT2D eigenvalue weighted by Crippen LogP contribution is -2.64. The molecule has 0 spiro atoms. The van der Waals surface area contributed by atoms with Crippen molar-refractivity contribution in [2.75, 3.05) is 0 Å². The van der Waals surface area contributed by atoms with Crippen molar-refractivity contribution in [2.45, 2.75) is 83.5 Å². The minimum absolute atomic E-state index is 0.0304. The van der Waals surface area contributed by atoms with E-state index < -0.39 is 5.54 Å². The summed E-state index contributed by atoms with van der Waals surface area (Å²) in [6.07, 6.45) is 7.82.